The van der Waals surface area contributed by atoms with E-state index in [1.807, 2.05) is 49.4 Å². The number of carbonyl (C=O) groups excluding carboxylic acids is 1. The van der Waals surface area contributed by atoms with E-state index in [4.69, 9.17) is 4.74 Å². The standard InChI is InChI=1S/C18H19NO2/c1-12-7-3-5-9-15(12)13(2)19-18(20)17-11-14-8-4-6-10-16(14)21-17/h3-10,13,17H,11H2,1-2H3,(H,19,20). The van der Waals surface area contributed by atoms with Gasteiger partial charge in [-0.15, -0.1) is 0 Å². The number of para-hydroxylation sites is 1. The zero-order valence-corrected chi connectivity index (χ0v) is 12.3. The van der Waals surface area contributed by atoms with Crippen molar-refractivity contribution in [2.24, 2.45) is 0 Å². The average Bonchev–Trinajstić information content (AvgIpc) is 2.91. The SMILES string of the molecule is Cc1ccccc1C(C)NC(=O)C1Cc2ccccc2O1. The fraction of sp³-hybridized carbons (Fsp3) is 0.278. The molecule has 0 bridgehead atoms. The lowest BCUT2D eigenvalue weighted by atomic mass is 10.0. The second kappa shape index (κ2) is 5.60. The van der Waals surface area contributed by atoms with Gasteiger partial charge in [0.15, 0.2) is 6.10 Å². The molecule has 1 N–H and O–H groups in total. The van der Waals surface area contributed by atoms with Crippen LogP contribution < -0.4 is 10.1 Å². The van der Waals surface area contributed by atoms with E-state index in [0.717, 1.165) is 16.9 Å². The normalized spacial score (nSPS) is 17.7. The number of aryl methyl sites for hydroxylation is 1. The molecule has 0 spiro atoms. The zero-order chi connectivity index (χ0) is 14.8. The molecule has 21 heavy (non-hydrogen) atoms. The molecule has 1 amide bonds. The van der Waals surface area contributed by atoms with Crippen LogP contribution >= 0.6 is 0 Å². The Hall–Kier alpha value is -2.29. The Morgan fingerprint density at radius 2 is 1.90 bits per heavy atom. The number of hydrogen-bond donors (Lipinski definition) is 1. The van der Waals surface area contributed by atoms with Crippen LogP contribution in [0.2, 0.25) is 0 Å². The molecule has 0 saturated heterocycles. The highest BCUT2D eigenvalue weighted by atomic mass is 16.5. The van der Waals surface area contributed by atoms with Crippen molar-refractivity contribution < 1.29 is 9.53 Å². The molecule has 2 atom stereocenters. The largest absolute Gasteiger partial charge is 0.480 e. The summed E-state index contributed by atoms with van der Waals surface area (Å²) in [5, 5.41) is 3.05. The van der Waals surface area contributed by atoms with Crippen molar-refractivity contribution in [1.29, 1.82) is 0 Å². The summed E-state index contributed by atoms with van der Waals surface area (Å²) >= 11 is 0. The zero-order valence-electron chi connectivity index (χ0n) is 12.3. The van der Waals surface area contributed by atoms with Gasteiger partial charge >= 0.3 is 0 Å². The van der Waals surface area contributed by atoms with Gasteiger partial charge in [0, 0.05) is 6.42 Å². The van der Waals surface area contributed by atoms with Crippen molar-refractivity contribution >= 4 is 5.91 Å². The van der Waals surface area contributed by atoms with Crippen molar-refractivity contribution in [1.82, 2.24) is 5.32 Å². The van der Waals surface area contributed by atoms with E-state index in [2.05, 4.69) is 18.3 Å². The number of benzene rings is 2. The fourth-order valence-electron chi connectivity index (χ4n) is 2.79. The molecule has 2 aromatic rings. The molecule has 2 unspecified atom stereocenters. The van der Waals surface area contributed by atoms with E-state index in [-0.39, 0.29) is 11.9 Å². The van der Waals surface area contributed by atoms with E-state index >= 15 is 0 Å². The van der Waals surface area contributed by atoms with Gasteiger partial charge in [-0.1, -0.05) is 42.5 Å². The van der Waals surface area contributed by atoms with E-state index in [1.54, 1.807) is 0 Å². The Morgan fingerprint density at radius 3 is 2.67 bits per heavy atom. The molecular weight excluding hydrogens is 262 g/mol. The molecule has 0 aliphatic carbocycles. The number of fused-ring (bicyclic) bond motifs is 1. The molecule has 108 valence electrons. The van der Waals surface area contributed by atoms with Crippen LogP contribution in [0.1, 0.15) is 29.7 Å². The molecule has 2 aromatic carbocycles. The Bertz CT molecular complexity index is 641. The van der Waals surface area contributed by atoms with Crippen molar-refractivity contribution in [2.75, 3.05) is 0 Å². The van der Waals surface area contributed by atoms with Gasteiger partial charge in [0.05, 0.1) is 6.04 Å². The number of ether oxygens (including phenoxy) is 1. The van der Waals surface area contributed by atoms with Gasteiger partial charge in [0.1, 0.15) is 5.75 Å². The smallest absolute Gasteiger partial charge is 0.261 e. The minimum atomic E-state index is -0.422. The van der Waals surface area contributed by atoms with E-state index < -0.39 is 6.10 Å². The maximum Gasteiger partial charge on any atom is 0.261 e. The highest BCUT2D eigenvalue weighted by molar-refractivity contribution is 5.83. The molecule has 0 saturated carbocycles. The maximum absolute atomic E-state index is 12.4. The lowest BCUT2D eigenvalue weighted by molar-refractivity contribution is -0.127. The van der Waals surface area contributed by atoms with Crippen LogP contribution in [0, 0.1) is 6.92 Å². The number of hydrogen-bond acceptors (Lipinski definition) is 2. The predicted octanol–water partition coefficient (Wildman–Crippen LogP) is 3.18. The third-order valence-electron chi connectivity index (χ3n) is 3.95. The first-order valence-corrected chi connectivity index (χ1v) is 7.25. The fourth-order valence-corrected chi connectivity index (χ4v) is 2.79. The molecule has 3 nitrogen and oxygen atoms in total. The lowest BCUT2D eigenvalue weighted by Gasteiger charge is -2.19. The van der Waals surface area contributed by atoms with Gasteiger partial charge in [0.2, 0.25) is 0 Å². The second-order valence-electron chi connectivity index (χ2n) is 5.51. The van der Waals surface area contributed by atoms with Crippen molar-refractivity contribution in [3.05, 3.63) is 65.2 Å². The summed E-state index contributed by atoms with van der Waals surface area (Å²) in [5.41, 5.74) is 3.42. The molecule has 1 aliphatic rings. The third kappa shape index (κ3) is 2.77. The number of amides is 1. The van der Waals surface area contributed by atoms with Crippen LogP contribution in [0.5, 0.6) is 5.75 Å². The van der Waals surface area contributed by atoms with Gasteiger partial charge in [-0.3, -0.25) is 4.79 Å². The van der Waals surface area contributed by atoms with Gasteiger partial charge in [-0.05, 0) is 36.6 Å². The Labute approximate surface area is 124 Å². The summed E-state index contributed by atoms with van der Waals surface area (Å²) in [6.07, 6.45) is 0.219. The summed E-state index contributed by atoms with van der Waals surface area (Å²) in [5.74, 6) is 0.767. The number of rotatable bonds is 3. The van der Waals surface area contributed by atoms with Gasteiger partial charge in [-0.2, -0.15) is 0 Å². The first-order valence-electron chi connectivity index (χ1n) is 7.25. The summed E-state index contributed by atoms with van der Waals surface area (Å²) in [6, 6.07) is 15.9. The third-order valence-corrected chi connectivity index (χ3v) is 3.95. The first-order chi connectivity index (χ1) is 10.1. The summed E-state index contributed by atoms with van der Waals surface area (Å²) in [6.45, 7) is 4.06. The predicted molar refractivity (Wildman–Crippen MR) is 82.3 cm³/mol. The first kappa shape index (κ1) is 13.7. The molecule has 1 aliphatic heterocycles. The van der Waals surface area contributed by atoms with Crippen LogP contribution in [0.15, 0.2) is 48.5 Å². The van der Waals surface area contributed by atoms with Crippen molar-refractivity contribution in [3.8, 4) is 5.75 Å². The van der Waals surface area contributed by atoms with Crippen molar-refractivity contribution in [2.45, 2.75) is 32.4 Å². The number of nitrogens with one attached hydrogen (secondary N) is 1. The summed E-state index contributed by atoms with van der Waals surface area (Å²) in [7, 11) is 0. The second-order valence-corrected chi connectivity index (χ2v) is 5.51. The molecule has 0 aromatic heterocycles. The quantitative estimate of drug-likeness (QED) is 0.938. The topological polar surface area (TPSA) is 38.3 Å². The maximum atomic E-state index is 12.4. The molecule has 0 fully saturated rings. The molecule has 1 heterocycles. The van der Waals surface area contributed by atoms with Crippen LogP contribution in [0.3, 0.4) is 0 Å². The van der Waals surface area contributed by atoms with E-state index in [1.165, 1.54) is 5.56 Å². The molecule has 3 rings (SSSR count). The highest BCUT2D eigenvalue weighted by Crippen LogP contribution is 2.28. The van der Waals surface area contributed by atoms with Gasteiger partial charge in [0.25, 0.3) is 5.91 Å². The average molecular weight is 281 g/mol. The number of carbonyl (C=O) groups is 1. The minimum absolute atomic E-state index is 0.0222. The molecule has 3 heteroatoms. The van der Waals surface area contributed by atoms with E-state index in [9.17, 15) is 4.79 Å². The summed E-state index contributed by atoms with van der Waals surface area (Å²) < 4.78 is 5.72. The van der Waals surface area contributed by atoms with E-state index in [0.29, 0.717) is 6.42 Å². The van der Waals surface area contributed by atoms with Crippen LogP contribution in [-0.2, 0) is 11.2 Å². The monoisotopic (exact) mass is 281 g/mol. The Balaban J connectivity index is 1.67. The van der Waals surface area contributed by atoms with Crippen LogP contribution in [0.25, 0.3) is 0 Å². The summed E-state index contributed by atoms with van der Waals surface area (Å²) in [4.78, 5) is 12.4. The highest BCUT2D eigenvalue weighted by Gasteiger charge is 2.29. The van der Waals surface area contributed by atoms with Crippen molar-refractivity contribution in [3.63, 3.8) is 0 Å². The van der Waals surface area contributed by atoms with Gasteiger partial charge in [-0.25, -0.2) is 0 Å². The lowest BCUT2D eigenvalue weighted by Crippen LogP contribution is -2.38. The molecular formula is C18H19NO2. The Morgan fingerprint density at radius 1 is 1.19 bits per heavy atom. The van der Waals surface area contributed by atoms with Gasteiger partial charge < -0.3 is 10.1 Å². The van der Waals surface area contributed by atoms with Crippen LogP contribution in [0.4, 0.5) is 0 Å². The molecule has 0 radical (unpaired) electrons. The minimum Gasteiger partial charge on any atom is -0.480 e. The van der Waals surface area contributed by atoms with Crippen LogP contribution in [-0.4, -0.2) is 12.0 Å². The Kier molecular flexibility index (Phi) is 3.65.